The molecule has 0 radical (unpaired) electrons. The van der Waals surface area contributed by atoms with Crippen molar-refractivity contribution in [1.29, 1.82) is 0 Å². The van der Waals surface area contributed by atoms with E-state index in [-0.39, 0.29) is 17.5 Å². The van der Waals surface area contributed by atoms with Gasteiger partial charge in [-0.15, -0.1) is 11.3 Å². The summed E-state index contributed by atoms with van der Waals surface area (Å²) in [5.74, 6) is 0. The van der Waals surface area contributed by atoms with E-state index in [0.29, 0.717) is 11.3 Å². The number of nitrogens with one attached hydrogen (secondary N) is 1. The first-order valence-corrected chi connectivity index (χ1v) is 9.04. The van der Waals surface area contributed by atoms with Gasteiger partial charge in [-0.3, -0.25) is 0 Å². The van der Waals surface area contributed by atoms with Crippen molar-refractivity contribution in [2.45, 2.75) is 30.9 Å². The van der Waals surface area contributed by atoms with Crippen molar-refractivity contribution >= 4 is 32.7 Å². The first-order valence-electron chi connectivity index (χ1n) is 5.73. The number of aliphatic hydroxyl groups is 1. The van der Waals surface area contributed by atoms with Gasteiger partial charge in [0.25, 0.3) is 0 Å². The van der Waals surface area contributed by atoms with E-state index < -0.39 is 10.0 Å². The van der Waals surface area contributed by atoms with Crippen LogP contribution >= 0.6 is 22.7 Å². The van der Waals surface area contributed by atoms with Crippen molar-refractivity contribution < 1.29 is 13.5 Å². The van der Waals surface area contributed by atoms with Gasteiger partial charge in [0.05, 0.1) is 11.5 Å². The standard InChI is InChI=1S/C12H15NO3S3/c1-9(6-10-2-4-17-8-10)13-19(15,16)12-3-5-18-11(12)7-14/h2-5,8-9,13-14H,6-7H2,1H3. The van der Waals surface area contributed by atoms with Gasteiger partial charge >= 0.3 is 0 Å². The third-order valence-electron chi connectivity index (χ3n) is 2.62. The predicted molar refractivity (Wildman–Crippen MR) is 78.0 cm³/mol. The van der Waals surface area contributed by atoms with Gasteiger partial charge in [-0.2, -0.15) is 11.3 Å². The minimum Gasteiger partial charge on any atom is -0.391 e. The SMILES string of the molecule is CC(Cc1ccsc1)NS(=O)(=O)c1ccsc1CO. The normalized spacial score (nSPS) is 13.6. The number of rotatable bonds is 6. The third kappa shape index (κ3) is 3.64. The topological polar surface area (TPSA) is 66.4 Å². The van der Waals surface area contributed by atoms with Crippen molar-refractivity contribution in [2.24, 2.45) is 0 Å². The molecule has 0 aliphatic carbocycles. The molecule has 2 heterocycles. The first kappa shape index (κ1) is 14.7. The minimum atomic E-state index is -3.56. The molecule has 2 aromatic rings. The van der Waals surface area contributed by atoms with Gasteiger partial charge in [-0.25, -0.2) is 13.1 Å². The Morgan fingerprint density at radius 3 is 2.79 bits per heavy atom. The van der Waals surface area contributed by atoms with Gasteiger partial charge < -0.3 is 5.11 Å². The van der Waals surface area contributed by atoms with E-state index in [2.05, 4.69) is 4.72 Å². The van der Waals surface area contributed by atoms with Gasteiger partial charge in [0.15, 0.2) is 0 Å². The fourth-order valence-corrected chi connectivity index (χ4v) is 5.04. The quantitative estimate of drug-likeness (QED) is 0.858. The highest BCUT2D eigenvalue weighted by atomic mass is 32.2. The Morgan fingerprint density at radius 1 is 1.37 bits per heavy atom. The lowest BCUT2D eigenvalue weighted by molar-refractivity contribution is 0.282. The van der Waals surface area contributed by atoms with Crippen molar-refractivity contribution in [3.63, 3.8) is 0 Å². The molecule has 0 saturated heterocycles. The van der Waals surface area contributed by atoms with Crippen molar-refractivity contribution in [1.82, 2.24) is 4.72 Å². The van der Waals surface area contributed by atoms with Crippen molar-refractivity contribution in [2.75, 3.05) is 0 Å². The van der Waals surface area contributed by atoms with Crippen molar-refractivity contribution in [3.05, 3.63) is 38.7 Å². The summed E-state index contributed by atoms with van der Waals surface area (Å²) in [5.41, 5.74) is 1.12. The summed E-state index contributed by atoms with van der Waals surface area (Å²) in [6.45, 7) is 1.58. The molecule has 0 fully saturated rings. The van der Waals surface area contributed by atoms with Crippen LogP contribution in [0.25, 0.3) is 0 Å². The third-order valence-corrected chi connectivity index (χ3v) is 6.06. The Kier molecular flexibility index (Phi) is 4.75. The van der Waals surface area contributed by atoms with Crippen LogP contribution in [0.3, 0.4) is 0 Å². The molecule has 2 aromatic heterocycles. The molecule has 0 aromatic carbocycles. The monoisotopic (exact) mass is 317 g/mol. The van der Waals surface area contributed by atoms with E-state index in [1.54, 1.807) is 16.7 Å². The van der Waals surface area contributed by atoms with E-state index in [1.807, 2.05) is 23.8 Å². The van der Waals surface area contributed by atoms with Gasteiger partial charge in [-0.1, -0.05) is 0 Å². The van der Waals surface area contributed by atoms with Crippen LogP contribution in [-0.2, 0) is 23.1 Å². The van der Waals surface area contributed by atoms with E-state index in [1.165, 1.54) is 17.4 Å². The highest BCUT2D eigenvalue weighted by Crippen LogP contribution is 2.22. The number of aliphatic hydroxyl groups excluding tert-OH is 1. The summed E-state index contributed by atoms with van der Waals surface area (Å²) in [6.07, 6.45) is 0.654. The lowest BCUT2D eigenvalue weighted by atomic mass is 10.1. The highest BCUT2D eigenvalue weighted by molar-refractivity contribution is 7.89. The number of hydrogen-bond acceptors (Lipinski definition) is 5. The van der Waals surface area contributed by atoms with E-state index >= 15 is 0 Å². The molecule has 4 nitrogen and oxygen atoms in total. The largest absolute Gasteiger partial charge is 0.391 e. The van der Waals surface area contributed by atoms with Crippen LogP contribution in [0.4, 0.5) is 0 Å². The molecule has 0 saturated carbocycles. The average molecular weight is 317 g/mol. The van der Waals surface area contributed by atoms with E-state index in [9.17, 15) is 8.42 Å². The Hall–Kier alpha value is -0.730. The van der Waals surface area contributed by atoms with Gasteiger partial charge in [-0.05, 0) is 47.2 Å². The summed E-state index contributed by atoms with van der Waals surface area (Å²) in [4.78, 5) is 0.646. The number of hydrogen-bond donors (Lipinski definition) is 2. The zero-order valence-corrected chi connectivity index (χ0v) is 12.8. The molecule has 0 aliphatic rings. The first-order chi connectivity index (χ1) is 9.03. The Balaban J connectivity index is 2.09. The Morgan fingerprint density at radius 2 is 2.16 bits per heavy atom. The lowest BCUT2D eigenvalue weighted by Gasteiger charge is -2.13. The maximum absolute atomic E-state index is 12.2. The smallest absolute Gasteiger partial charge is 0.242 e. The molecule has 0 spiro atoms. The van der Waals surface area contributed by atoms with Crippen LogP contribution in [-0.4, -0.2) is 19.6 Å². The Bertz CT molecular complexity index is 616. The van der Waals surface area contributed by atoms with Gasteiger partial charge in [0.2, 0.25) is 10.0 Å². The summed E-state index contributed by atoms with van der Waals surface area (Å²) >= 11 is 2.84. The van der Waals surface area contributed by atoms with Gasteiger partial charge in [0.1, 0.15) is 0 Å². The molecule has 7 heteroatoms. The zero-order valence-electron chi connectivity index (χ0n) is 10.4. The van der Waals surface area contributed by atoms with Crippen LogP contribution in [0.1, 0.15) is 17.4 Å². The second kappa shape index (κ2) is 6.15. The number of sulfonamides is 1. The second-order valence-electron chi connectivity index (χ2n) is 4.22. The fraction of sp³-hybridized carbons (Fsp3) is 0.333. The molecular formula is C12H15NO3S3. The van der Waals surface area contributed by atoms with Crippen LogP contribution in [0.2, 0.25) is 0 Å². The maximum Gasteiger partial charge on any atom is 0.242 e. The molecule has 1 atom stereocenters. The molecular weight excluding hydrogens is 302 g/mol. The summed E-state index contributed by atoms with van der Waals surface area (Å²) in [7, 11) is -3.56. The van der Waals surface area contributed by atoms with E-state index in [4.69, 9.17) is 5.11 Å². The average Bonchev–Trinajstić information content (AvgIpc) is 2.97. The highest BCUT2D eigenvalue weighted by Gasteiger charge is 2.21. The van der Waals surface area contributed by atoms with Crippen LogP contribution < -0.4 is 4.72 Å². The molecule has 2 rings (SSSR count). The second-order valence-corrected chi connectivity index (χ2v) is 7.69. The fourth-order valence-electron chi connectivity index (χ4n) is 1.82. The van der Waals surface area contributed by atoms with E-state index in [0.717, 1.165) is 5.56 Å². The molecule has 104 valence electrons. The molecule has 0 aliphatic heterocycles. The molecule has 0 bridgehead atoms. The van der Waals surface area contributed by atoms with Crippen molar-refractivity contribution in [3.8, 4) is 0 Å². The van der Waals surface area contributed by atoms with Crippen LogP contribution in [0, 0.1) is 0 Å². The molecule has 2 N–H and O–H groups in total. The Labute approximate surface area is 120 Å². The van der Waals surface area contributed by atoms with Gasteiger partial charge in [0, 0.05) is 10.9 Å². The number of thiophene rings is 2. The lowest BCUT2D eigenvalue weighted by Crippen LogP contribution is -2.34. The predicted octanol–water partition coefficient (Wildman–Crippen LogP) is 2.21. The van der Waals surface area contributed by atoms with Crippen LogP contribution in [0.15, 0.2) is 33.2 Å². The summed E-state index contributed by atoms with van der Waals surface area (Å²) < 4.78 is 27.0. The molecule has 19 heavy (non-hydrogen) atoms. The minimum absolute atomic E-state index is 0.178. The molecule has 0 amide bonds. The summed E-state index contributed by atoms with van der Waals surface area (Å²) in [5, 5.41) is 14.8. The zero-order chi connectivity index (χ0) is 13.9. The summed E-state index contributed by atoms with van der Waals surface area (Å²) in [6, 6.07) is 3.32. The maximum atomic E-state index is 12.2. The van der Waals surface area contributed by atoms with Crippen LogP contribution in [0.5, 0.6) is 0 Å². The molecule has 1 unspecified atom stereocenters.